The minimum absolute atomic E-state index is 0.284. The molecule has 0 spiro atoms. The van der Waals surface area contributed by atoms with Crippen molar-refractivity contribution < 1.29 is 9.84 Å². The van der Waals surface area contributed by atoms with Gasteiger partial charge in [-0.2, -0.15) is 0 Å². The third kappa shape index (κ3) is 3.49. The minimum Gasteiger partial charge on any atom is -0.491 e. The largest absolute Gasteiger partial charge is 0.491 e. The quantitative estimate of drug-likeness (QED) is 0.891. The second kappa shape index (κ2) is 5.44. The van der Waals surface area contributed by atoms with E-state index in [-0.39, 0.29) is 6.61 Å². The molecule has 1 saturated heterocycles. The Morgan fingerprint density at radius 3 is 2.59 bits per heavy atom. The highest BCUT2D eigenvalue weighted by Crippen LogP contribution is 2.27. The molecule has 94 valence electrons. The summed E-state index contributed by atoms with van der Waals surface area (Å²) in [6.07, 6.45) is 1.41. The van der Waals surface area contributed by atoms with Crippen LogP contribution in [-0.4, -0.2) is 30.4 Å². The summed E-state index contributed by atoms with van der Waals surface area (Å²) in [7, 11) is 0. The van der Waals surface area contributed by atoms with Gasteiger partial charge in [-0.1, -0.05) is 23.2 Å². The molecular formula is C12H15Cl2NO2. The van der Waals surface area contributed by atoms with E-state index < -0.39 is 5.60 Å². The van der Waals surface area contributed by atoms with Gasteiger partial charge in [0.2, 0.25) is 0 Å². The molecule has 1 heterocycles. The summed E-state index contributed by atoms with van der Waals surface area (Å²) in [4.78, 5) is 0. The lowest BCUT2D eigenvalue weighted by atomic mass is 9.94. The lowest BCUT2D eigenvalue weighted by molar-refractivity contribution is -0.0285. The number of piperidine rings is 1. The van der Waals surface area contributed by atoms with Crippen molar-refractivity contribution in [1.82, 2.24) is 5.32 Å². The number of nitrogens with one attached hydrogen (secondary N) is 1. The maximum absolute atomic E-state index is 10.2. The van der Waals surface area contributed by atoms with Crippen molar-refractivity contribution in [1.29, 1.82) is 0 Å². The number of rotatable bonds is 3. The number of hydrogen-bond donors (Lipinski definition) is 2. The zero-order valence-electron chi connectivity index (χ0n) is 9.38. The van der Waals surface area contributed by atoms with Gasteiger partial charge in [0, 0.05) is 6.07 Å². The normalized spacial score (nSPS) is 19.0. The number of hydrogen-bond acceptors (Lipinski definition) is 3. The van der Waals surface area contributed by atoms with Gasteiger partial charge >= 0.3 is 0 Å². The first kappa shape index (κ1) is 13.0. The van der Waals surface area contributed by atoms with Crippen LogP contribution in [0, 0.1) is 0 Å². The molecule has 0 aromatic heterocycles. The maximum atomic E-state index is 10.2. The van der Waals surface area contributed by atoms with Crippen LogP contribution in [0.5, 0.6) is 5.75 Å². The monoisotopic (exact) mass is 275 g/mol. The molecule has 3 nitrogen and oxygen atoms in total. The van der Waals surface area contributed by atoms with Crippen LogP contribution in [0.25, 0.3) is 0 Å². The molecule has 1 aromatic rings. The standard InChI is InChI=1S/C12H15Cl2NO2/c13-10-2-1-9(7-11(10)14)17-8-12(16)3-5-15-6-4-12/h1-2,7,15-16H,3-6,8H2. The molecule has 0 unspecified atom stereocenters. The van der Waals surface area contributed by atoms with Crippen molar-refractivity contribution in [2.45, 2.75) is 18.4 Å². The molecule has 0 radical (unpaired) electrons. The van der Waals surface area contributed by atoms with Crippen LogP contribution in [-0.2, 0) is 0 Å². The molecule has 0 amide bonds. The Balaban J connectivity index is 1.94. The molecule has 5 heteroatoms. The number of aliphatic hydroxyl groups is 1. The van der Waals surface area contributed by atoms with Crippen LogP contribution in [0.4, 0.5) is 0 Å². The third-order valence-electron chi connectivity index (χ3n) is 2.93. The lowest BCUT2D eigenvalue weighted by Gasteiger charge is -2.32. The minimum atomic E-state index is -0.739. The predicted octanol–water partition coefficient (Wildman–Crippen LogP) is 2.49. The summed E-state index contributed by atoms with van der Waals surface area (Å²) in [5.41, 5.74) is -0.739. The van der Waals surface area contributed by atoms with Gasteiger partial charge in [0.15, 0.2) is 0 Å². The summed E-state index contributed by atoms with van der Waals surface area (Å²) in [5, 5.41) is 14.4. The van der Waals surface area contributed by atoms with Gasteiger partial charge in [-0.25, -0.2) is 0 Å². The van der Waals surface area contributed by atoms with E-state index in [1.165, 1.54) is 0 Å². The Bertz CT molecular complexity index is 392. The Morgan fingerprint density at radius 2 is 1.94 bits per heavy atom. The predicted molar refractivity (Wildman–Crippen MR) is 69.0 cm³/mol. The molecule has 2 N–H and O–H groups in total. The van der Waals surface area contributed by atoms with Gasteiger partial charge < -0.3 is 15.2 Å². The van der Waals surface area contributed by atoms with Crippen molar-refractivity contribution in [2.75, 3.05) is 19.7 Å². The van der Waals surface area contributed by atoms with Gasteiger partial charge in [-0.3, -0.25) is 0 Å². The highest BCUT2D eigenvalue weighted by Gasteiger charge is 2.29. The van der Waals surface area contributed by atoms with E-state index in [0.29, 0.717) is 28.6 Å². The fourth-order valence-electron chi connectivity index (χ4n) is 1.82. The molecule has 0 atom stereocenters. The molecule has 17 heavy (non-hydrogen) atoms. The SMILES string of the molecule is OC1(COc2ccc(Cl)c(Cl)c2)CCNCC1. The van der Waals surface area contributed by atoms with Crippen molar-refractivity contribution in [3.05, 3.63) is 28.2 Å². The highest BCUT2D eigenvalue weighted by molar-refractivity contribution is 6.42. The van der Waals surface area contributed by atoms with Crippen molar-refractivity contribution >= 4 is 23.2 Å². The molecule has 2 rings (SSSR count). The molecule has 1 aliphatic heterocycles. The van der Waals surface area contributed by atoms with E-state index in [2.05, 4.69) is 5.32 Å². The van der Waals surface area contributed by atoms with Gasteiger partial charge in [-0.05, 0) is 38.1 Å². The van der Waals surface area contributed by atoms with Crippen LogP contribution in [0.15, 0.2) is 18.2 Å². The van der Waals surface area contributed by atoms with E-state index in [1.54, 1.807) is 18.2 Å². The molecule has 1 aliphatic rings. The Labute approximate surface area is 111 Å². The zero-order valence-corrected chi connectivity index (χ0v) is 10.9. The summed E-state index contributed by atoms with van der Waals surface area (Å²) in [5.74, 6) is 0.631. The Kier molecular flexibility index (Phi) is 4.15. The van der Waals surface area contributed by atoms with Crippen LogP contribution < -0.4 is 10.1 Å². The number of benzene rings is 1. The average molecular weight is 276 g/mol. The topological polar surface area (TPSA) is 41.5 Å². The Morgan fingerprint density at radius 1 is 1.24 bits per heavy atom. The lowest BCUT2D eigenvalue weighted by Crippen LogP contribution is -2.45. The van der Waals surface area contributed by atoms with Crippen LogP contribution >= 0.6 is 23.2 Å². The highest BCUT2D eigenvalue weighted by atomic mass is 35.5. The molecule has 1 fully saturated rings. The molecule has 0 bridgehead atoms. The fraction of sp³-hybridized carbons (Fsp3) is 0.500. The number of halogens is 2. The molecule has 0 saturated carbocycles. The first-order chi connectivity index (χ1) is 8.09. The Hall–Kier alpha value is -0.480. The van der Waals surface area contributed by atoms with Gasteiger partial charge in [-0.15, -0.1) is 0 Å². The first-order valence-corrected chi connectivity index (χ1v) is 6.36. The second-order valence-electron chi connectivity index (χ2n) is 4.34. The smallest absolute Gasteiger partial charge is 0.121 e. The molecule has 0 aliphatic carbocycles. The van der Waals surface area contributed by atoms with E-state index in [0.717, 1.165) is 13.1 Å². The average Bonchev–Trinajstić information content (AvgIpc) is 2.32. The van der Waals surface area contributed by atoms with Gasteiger partial charge in [0.1, 0.15) is 18.0 Å². The van der Waals surface area contributed by atoms with E-state index in [4.69, 9.17) is 27.9 Å². The van der Waals surface area contributed by atoms with E-state index in [9.17, 15) is 5.11 Å². The summed E-state index contributed by atoms with van der Waals surface area (Å²) in [6.45, 7) is 1.93. The van der Waals surface area contributed by atoms with E-state index >= 15 is 0 Å². The molecular weight excluding hydrogens is 261 g/mol. The second-order valence-corrected chi connectivity index (χ2v) is 5.15. The van der Waals surface area contributed by atoms with Gasteiger partial charge in [0.25, 0.3) is 0 Å². The summed E-state index contributed by atoms with van der Waals surface area (Å²) >= 11 is 11.7. The summed E-state index contributed by atoms with van der Waals surface area (Å²) in [6, 6.07) is 5.10. The van der Waals surface area contributed by atoms with Crippen molar-refractivity contribution in [3.63, 3.8) is 0 Å². The summed E-state index contributed by atoms with van der Waals surface area (Å²) < 4.78 is 5.56. The van der Waals surface area contributed by atoms with Gasteiger partial charge in [0.05, 0.1) is 10.0 Å². The fourth-order valence-corrected chi connectivity index (χ4v) is 2.11. The molecule has 1 aromatic carbocycles. The van der Waals surface area contributed by atoms with Crippen LogP contribution in [0.1, 0.15) is 12.8 Å². The van der Waals surface area contributed by atoms with E-state index in [1.807, 2.05) is 0 Å². The first-order valence-electron chi connectivity index (χ1n) is 5.60. The number of ether oxygens (including phenoxy) is 1. The van der Waals surface area contributed by atoms with Crippen molar-refractivity contribution in [3.8, 4) is 5.75 Å². The third-order valence-corrected chi connectivity index (χ3v) is 3.67. The zero-order chi connectivity index (χ0) is 12.3. The maximum Gasteiger partial charge on any atom is 0.121 e. The van der Waals surface area contributed by atoms with Crippen LogP contribution in [0.2, 0.25) is 10.0 Å². The van der Waals surface area contributed by atoms with Crippen molar-refractivity contribution in [2.24, 2.45) is 0 Å². The van der Waals surface area contributed by atoms with Crippen LogP contribution in [0.3, 0.4) is 0 Å².